The van der Waals surface area contributed by atoms with Gasteiger partial charge in [-0.2, -0.15) is 0 Å². The van der Waals surface area contributed by atoms with Crippen molar-refractivity contribution in [3.05, 3.63) is 18.1 Å². The molecule has 22 heavy (non-hydrogen) atoms. The van der Waals surface area contributed by atoms with Crippen LogP contribution >= 0.6 is 0 Å². The Balaban J connectivity index is 1.97. The quantitative estimate of drug-likeness (QED) is 0.761. The summed E-state index contributed by atoms with van der Waals surface area (Å²) in [5.74, 6) is 0.104. The molecule has 1 aliphatic heterocycles. The summed E-state index contributed by atoms with van der Waals surface area (Å²) in [4.78, 5) is 19.8. The first-order chi connectivity index (χ1) is 10.6. The molecule has 0 spiro atoms. The van der Waals surface area contributed by atoms with Crippen LogP contribution < -0.4 is 10.1 Å². The highest BCUT2D eigenvalue weighted by Crippen LogP contribution is 2.23. The number of ether oxygens (including phenoxy) is 1. The van der Waals surface area contributed by atoms with Crippen LogP contribution in [-0.4, -0.2) is 40.7 Å². The van der Waals surface area contributed by atoms with Gasteiger partial charge in [-0.15, -0.1) is 0 Å². The Bertz CT molecular complexity index is 487. The molecule has 2 heterocycles. The zero-order valence-electron chi connectivity index (χ0n) is 13.3. The lowest BCUT2D eigenvalue weighted by molar-refractivity contribution is -0.143. The van der Waals surface area contributed by atoms with E-state index in [9.17, 15) is 9.90 Å². The van der Waals surface area contributed by atoms with E-state index in [0.717, 1.165) is 31.6 Å². The minimum Gasteiger partial charge on any atom is -0.481 e. The predicted octanol–water partition coefficient (Wildman–Crippen LogP) is 1.75. The van der Waals surface area contributed by atoms with E-state index in [0.29, 0.717) is 24.8 Å². The second kappa shape index (κ2) is 8.08. The number of nitrogens with one attached hydrogen (secondary N) is 1. The largest absolute Gasteiger partial charge is 0.481 e. The van der Waals surface area contributed by atoms with Crippen molar-refractivity contribution in [3.63, 3.8) is 0 Å². The third-order valence-corrected chi connectivity index (χ3v) is 4.06. The number of hydrogen-bond donors (Lipinski definition) is 2. The molecule has 122 valence electrons. The number of aromatic nitrogens is 2. The molecule has 0 aliphatic carbocycles. The second-order valence-corrected chi connectivity index (χ2v) is 6.28. The number of carbonyl (C=O) groups is 1. The smallest absolute Gasteiger partial charge is 0.307 e. The lowest BCUT2D eigenvalue weighted by atomic mass is 9.87. The summed E-state index contributed by atoms with van der Waals surface area (Å²) in [6.45, 7) is 6.55. The lowest BCUT2D eigenvalue weighted by Crippen LogP contribution is -2.27. The van der Waals surface area contributed by atoms with Crippen molar-refractivity contribution in [2.75, 3.05) is 19.7 Å². The average molecular weight is 307 g/mol. The van der Waals surface area contributed by atoms with E-state index in [1.807, 2.05) is 0 Å². The Morgan fingerprint density at radius 2 is 2.32 bits per heavy atom. The van der Waals surface area contributed by atoms with Crippen LogP contribution in [0.25, 0.3) is 0 Å². The van der Waals surface area contributed by atoms with E-state index in [2.05, 4.69) is 29.1 Å². The van der Waals surface area contributed by atoms with Crippen molar-refractivity contribution in [3.8, 4) is 5.88 Å². The minimum absolute atomic E-state index is 0.165. The van der Waals surface area contributed by atoms with Crippen LogP contribution in [0.2, 0.25) is 0 Å². The maximum absolute atomic E-state index is 11.5. The van der Waals surface area contributed by atoms with Crippen LogP contribution in [-0.2, 0) is 11.2 Å². The van der Waals surface area contributed by atoms with Crippen LogP contribution in [0.1, 0.15) is 32.4 Å². The molecule has 0 aromatic carbocycles. The fourth-order valence-electron chi connectivity index (χ4n) is 2.67. The van der Waals surface area contributed by atoms with Crippen LogP contribution in [0.3, 0.4) is 0 Å². The van der Waals surface area contributed by atoms with Gasteiger partial charge < -0.3 is 15.2 Å². The van der Waals surface area contributed by atoms with Gasteiger partial charge in [0.05, 0.1) is 12.5 Å². The topological polar surface area (TPSA) is 84.3 Å². The van der Waals surface area contributed by atoms with Gasteiger partial charge in [0, 0.05) is 18.2 Å². The van der Waals surface area contributed by atoms with E-state index in [4.69, 9.17) is 4.74 Å². The molecule has 0 bridgehead atoms. The fourth-order valence-corrected chi connectivity index (χ4v) is 2.67. The van der Waals surface area contributed by atoms with Gasteiger partial charge in [0.25, 0.3) is 0 Å². The molecule has 1 saturated heterocycles. The van der Waals surface area contributed by atoms with Crippen LogP contribution in [0.5, 0.6) is 5.88 Å². The van der Waals surface area contributed by atoms with E-state index < -0.39 is 11.9 Å². The van der Waals surface area contributed by atoms with Crippen LogP contribution in [0.15, 0.2) is 12.4 Å². The average Bonchev–Trinajstić information content (AvgIpc) is 2.98. The van der Waals surface area contributed by atoms with Crippen molar-refractivity contribution >= 4 is 5.97 Å². The Labute approximate surface area is 131 Å². The van der Waals surface area contributed by atoms with Crippen molar-refractivity contribution in [2.45, 2.75) is 33.1 Å². The predicted molar refractivity (Wildman–Crippen MR) is 82.8 cm³/mol. The highest BCUT2D eigenvalue weighted by atomic mass is 16.5. The zero-order chi connectivity index (χ0) is 15.9. The maximum Gasteiger partial charge on any atom is 0.307 e. The first-order valence-electron chi connectivity index (χ1n) is 7.93. The van der Waals surface area contributed by atoms with Crippen molar-refractivity contribution in [1.29, 1.82) is 0 Å². The number of hydrogen-bond acceptors (Lipinski definition) is 5. The minimum atomic E-state index is -0.755. The molecule has 6 heteroatoms. The highest BCUT2D eigenvalue weighted by Gasteiger charge is 2.31. The molecular weight excluding hydrogens is 282 g/mol. The summed E-state index contributed by atoms with van der Waals surface area (Å²) in [5.41, 5.74) is 0.730. The molecule has 0 saturated carbocycles. The number of nitrogens with zero attached hydrogens (tertiary/aromatic N) is 2. The van der Waals surface area contributed by atoms with Gasteiger partial charge in [0.1, 0.15) is 6.33 Å². The molecule has 2 rings (SSSR count). The standard InChI is InChI=1S/C16H25N3O3/c1-11(2)4-6-22-15-8-13(18-10-19-15)7-14(16(20)21)12-3-5-17-9-12/h8,10-12,14,17H,3-7,9H2,1-2H3,(H,20,21). The van der Waals surface area contributed by atoms with E-state index in [1.54, 1.807) is 6.07 Å². The number of carboxylic acid groups (broad SMARTS) is 1. The van der Waals surface area contributed by atoms with Crippen molar-refractivity contribution in [2.24, 2.45) is 17.8 Å². The second-order valence-electron chi connectivity index (χ2n) is 6.28. The van der Waals surface area contributed by atoms with Gasteiger partial charge in [-0.05, 0) is 37.8 Å². The molecule has 0 radical (unpaired) electrons. The summed E-state index contributed by atoms with van der Waals surface area (Å²) in [7, 11) is 0. The van der Waals surface area contributed by atoms with Crippen molar-refractivity contribution in [1.82, 2.24) is 15.3 Å². The van der Waals surface area contributed by atoms with Gasteiger partial charge in [0.2, 0.25) is 5.88 Å². The molecule has 1 fully saturated rings. The molecule has 1 aliphatic rings. The number of carboxylic acids is 1. The van der Waals surface area contributed by atoms with Gasteiger partial charge in [-0.1, -0.05) is 13.8 Å². The molecule has 2 N–H and O–H groups in total. The van der Waals surface area contributed by atoms with E-state index >= 15 is 0 Å². The Morgan fingerprint density at radius 1 is 1.50 bits per heavy atom. The van der Waals surface area contributed by atoms with Crippen LogP contribution in [0, 0.1) is 17.8 Å². The third-order valence-electron chi connectivity index (χ3n) is 4.06. The highest BCUT2D eigenvalue weighted by molar-refractivity contribution is 5.70. The summed E-state index contributed by atoms with van der Waals surface area (Å²) in [6.07, 6.45) is 3.74. The summed E-state index contributed by atoms with van der Waals surface area (Å²) < 4.78 is 5.61. The molecule has 1 aromatic heterocycles. The molecule has 2 atom stereocenters. The Morgan fingerprint density at radius 3 is 2.95 bits per heavy atom. The van der Waals surface area contributed by atoms with Gasteiger partial charge in [0.15, 0.2) is 0 Å². The molecule has 1 aromatic rings. The molecule has 0 amide bonds. The SMILES string of the molecule is CC(C)CCOc1cc(CC(C(=O)O)C2CCNC2)ncn1. The lowest BCUT2D eigenvalue weighted by Gasteiger charge is -2.18. The first-order valence-corrected chi connectivity index (χ1v) is 7.93. The maximum atomic E-state index is 11.5. The van der Waals surface area contributed by atoms with Gasteiger partial charge in [-0.25, -0.2) is 9.97 Å². The monoisotopic (exact) mass is 307 g/mol. The normalized spacial score (nSPS) is 19.3. The Kier molecular flexibility index (Phi) is 6.12. The van der Waals surface area contributed by atoms with E-state index in [1.165, 1.54) is 6.33 Å². The fraction of sp³-hybridized carbons (Fsp3) is 0.688. The number of rotatable bonds is 8. The van der Waals surface area contributed by atoms with Crippen molar-refractivity contribution < 1.29 is 14.6 Å². The first kappa shape index (κ1) is 16.7. The summed E-state index contributed by atoms with van der Waals surface area (Å²) >= 11 is 0. The Hall–Kier alpha value is -1.69. The van der Waals surface area contributed by atoms with Gasteiger partial charge in [-0.3, -0.25) is 4.79 Å². The molecular formula is C16H25N3O3. The molecule has 2 unspecified atom stereocenters. The summed E-state index contributed by atoms with van der Waals surface area (Å²) in [5, 5.41) is 12.7. The van der Waals surface area contributed by atoms with Gasteiger partial charge >= 0.3 is 5.97 Å². The third kappa shape index (κ3) is 4.94. The summed E-state index contributed by atoms with van der Waals surface area (Å²) in [6, 6.07) is 1.76. The number of aliphatic carboxylic acids is 1. The molecule has 6 nitrogen and oxygen atoms in total. The van der Waals surface area contributed by atoms with Crippen LogP contribution in [0.4, 0.5) is 0 Å². The zero-order valence-corrected chi connectivity index (χ0v) is 13.3. The van der Waals surface area contributed by atoms with E-state index in [-0.39, 0.29) is 5.92 Å².